The second-order valence-electron chi connectivity index (χ2n) is 5.76. The Hall–Kier alpha value is -2.96. The number of furan rings is 1. The summed E-state index contributed by atoms with van der Waals surface area (Å²) in [6, 6.07) is 9.86. The summed E-state index contributed by atoms with van der Waals surface area (Å²) in [5.74, 6) is -0.445. The van der Waals surface area contributed by atoms with Crippen LogP contribution < -0.4 is 10.1 Å². The maximum Gasteiger partial charge on any atom is 0.318 e. The van der Waals surface area contributed by atoms with E-state index in [1.54, 1.807) is 39.3 Å². The molecule has 2 rings (SSSR count). The highest BCUT2D eigenvalue weighted by Gasteiger charge is 2.25. The monoisotopic (exact) mass is 346 g/mol. The number of urea groups is 1. The molecule has 1 heterocycles. The highest BCUT2D eigenvalue weighted by molar-refractivity contribution is 5.76. The fraction of sp³-hybridized carbons (Fsp3) is 0.333. The molecule has 0 aliphatic heterocycles. The van der Waals surface area contributed by atoms with Crippen LogP contribution in [0.15, 0.2) is 47.1 Å². The van der Waals surface area contributed by atoms with E-state index in [9.17, 15) is 9.59 Å². The Bertz CT molecular complexity index is 714. The van der Waals surface area contributed by atoms with Crippen molar-refractivity contribution < 1.29 is 23.8 Å². The van der Waals surface area contributed by atoms with Gasteiger partial charge in [-0.05, 0) is 18.2 Å². The minimum Gasteiger partial charge on any atom is -0.496 e. The van der Waals surface area contributed by atoms with Gasteiger partial charge in [0.1, 0.15) is 17.6 Å². The van der Waals surface area contributed by atoms with Gasteiger partial charge in [0.2, 0.25) is 0 Å². The molecule has 1 aromatic heterocycles. The van der Waals surface area contributed by atoms with Crippen molar-refractivity contribution in [2.75, 3.05) is 20.7 Å². The number of nitrogens with one attached hydrogen (secondary N) is 1. The summed E-state index contributed by atoms with van der Waals surface area (Å²) < 4.78 is 10.8. The normalized spacial score (nSPS) is 12.9. The molecule has 134 valence electrons. The maximum atomic E-state index is 12.5. The number of hydrogen-bond acceptors (Lipinski definition) is 4. The zero-order chi connectivity index (χ0) is 18.4. The molecule has 0 bridgehead atoms. The molecule has 2 N–H and O–H groups in total. The van der Waals surface area contributed by atoms with Crippen molar-refractivity contribution in [1.82, 2.24) is 10.2 Å². The van der Waals surface area contributed by atoms with E-state index in [1.165, 1.54) is 11.2 Å². The number of carboxylic acid groups (broad SMARTS) is 1. The van der Waals surface area contributed by atoms with E-state index >= 15 is 0 Å². The van der Waals surface area contributed by atoms with Crippen molar-refractivity contribution in [2.24, 2.45) is 5.92 Å². The van der Waals surface area contributed by atoms with Gasteiger partial charge in [0.05, 0.1) is 19.3 Å². The SMILES string of the molecule is COc1ccccc1C(NC(=O)N(C)CC(C)C(=O)O)c1ccco1. The number of carbonyl (C=O) groups is 2. The van der Waals surface area contributed by atoms with E-state index in [1.807, 2.05) is 18.2 Å². The van der Waals surface area contributed by atoms with Crippen LogP contribution in [0.5, 0.6) is 5.75 Å². The molecule has 25 heavy (non-hydrogen) atoms. The van der Waals surface area contributed by atoms with Gasteiger partial charge in [-0.25, -0.2) is 4.79 Å². The molecule has 2 atom stereocenters. The summed E-state index contributed by atoms with van der Waals surface area (Å²) in [6.07, 6.45) is 1.53. The molecular formula is C18H22N2O5. The second kappa shape index (κ2) is 8.23. The van der Waals surface area contributed by atoms with E-state index in [0.717, 1.165) is 5.56 Å². The van der Waals surface area contributed by atoms with Gasteiger partial charge >= 0.3 is 12.0 Å². The Labute approximate surface area is 146 Å². The van der Waals surface area contributed by atoms with E-state index in [2.05, 4.69) is 5.32 Å². The number of amides is 2. The molecule has 7 heteroatoms. The van der Waals surface area contributed by atoms with Crippen LogP contribution in [0.2, 0.25) is 0 Å². The first kappa shape index (κ1) is 18.4. The molecule has 0 saturated heterocycles. The van der Waals surface area contributed by atoms with Crippen molar-refractivity contribution in [2.45, 2.75) is 13.0 Å². The number of methoxy groups -OCH3 is 1. The highest BCUT2D eigenvalue weighted by atomic mass is 16.5. The number of benzene rings is 1. The van der Waals surface area contributed by atoms with E-state index < -0.39 is 24.0 Å². The average Bonchev–Trinajstić information content (AvgIpc) is 3.13. The minimum atomic E-state index is -0.952. The van der Waals surface area contributed by atoms with Crippen molar-refractivity contribution in [3.8, 4) is 5.75 Å². The van der Waals surface area contributed by atoms with Gasteiger partial charge in [0, 0.05) is 19.2 Å². The standard InChI is InChI=1S/C18H22N2O5/c1-12(17(21)22)11-20(2)18(23)19-16(15-9-6-10-25-15)13-7-4-5-8-14(13)24-3/h4-10,12,16H,11H2,1-3H3,(H,19,23)(H,21,22). The highest BCUT2D eigenvalue weighted by Crippen LogP contribution is 2.30. The minimum absolute atomic E-state index is 0.0952. The Morgan fingerprint density at radius 1 is 1.28 bits per heavy atom. The third-order valence-electron chi connectivity index (χ3n) is 3.86. The number of rotatable bonds is 7. The van der Waals surface area contributed by atoms with E-state index in [-0.39, 0.29) is 6.54 Å². The second-order valence-corrected chi connectivity index (χ2v) is 5.76. The van der Waals surface area contributed by atoms with Gasteiger partial charge in [-0.3, -0.25) is 4.79 Å². The van der Waals surface area contributed by atoms with Crippen LogP contribution in [-0.4, -0.2) is 42.7 Å². The molecule has 2 amide bonds. The van der Waals surface area contributed by atoms with Gasteiger partial charge in [-0.1, -0.05) is 25.1 Å². The van der Waals surface area contributed by atoms with Crippen molar-refractivity contribution in [3.63, 3.8) is 0 Å². The topological polar surface area (TPSA) is 92.0 Å². The van der Waals surface area contributed by atoms with E-state index in [4.69, 9.17) is 14.3 Å². The molecule has 0 fully saturated rings. The van der Waals surface area contributed by atoms with Crippen molar-refractivity contribution in [1.29, 1.82) is 0 Å². The third-order valence-corrected chi connectivity index (χ3v) is 3.86. The Balaban J connectivity index is 2.23. The number of carbonyl (C=O) groups excluding carboxylic acids is 1. The Morgan fingerprint density at radius 3 is 2.60 bits per heavy atom. The Kier molecular flexibility index (Phi) is 6.05. The van der Waals surface area contributed by atoms with Crippen LogP contribution in [0.1, 0.15) is 24.3 Å². The lowest BCUT2D eigenvalue weighted by Gasteiger charge is -2.25. The summed E-state index contributed by atoms with van der Waals surface area (Å²) in [7, 11) is 3.11. The fourth-order valence-electron chi connectivity index (χ4n) is 2.47. The molecule has 2 unspecified atom stereocenters. The van der Waals surface area contributed by atoms with Crippen LogP contribution in [-0.2, 0) is 4.79 Å². The fourth-order valence-corrected chi connectivity index (χ4v) is 2.47. The van der Waals surface area contributed by atoms with Gasteiger partial charge in [-0.15, -0.1) is 0 Å². The van der Waals surface area contributed by atoms with Gasteiger partial charge in [0.15, 0.2) is 0 Å². The summed E-state index contributed by atoms with van der Waals surface area (Å²) in [5.41, 5.74) is 0.744. The van der Waals surface area contributed by atoms with Gasteiger partial charge < -0.3 is 24.5 Å². The third kappa shape index (κ3) is 4.53. The lowest BCUT2D eigenvalue weighted by molar-refractivity contribution is -0.141. The molecule has 0 aliphatic carbocycles. The zero-order valence-electron chi connectivity index (χ0n) is 14.4. The maximum absolute atomic E-state index is 12.5. The number of carboxylic acids is 1. The number of aliphatic carboxylic acids is 1. The van der Waals surface area contributed by atoms with Crippen molar-refractivity contribution in [3.05, 3.63) is 54.0 Å². The molecule has 2 aromatic rings. The smallest absolute Gasteiger partial charge is 0.318 e. The first-order chi connectivity index (χ1) is 11.9. The molecule has 7 nitrogen and oxygen atoms in total. The lowest BCUT2D eigenvalue weighted by Crippen LogP contribution is -2.42. The van der Waals surface area contributed by atoms with E-state index in [0.29, 0.717) is 11.5 Å². The molecule has 0 spiro atoms. The van der Waals surface area contributed by atoms with Crippen LogP contribution in [0.3, 0.4) is 0 Å². The molecule has 0 aliphatic rings. The quantitative estimate of drug-likeness (QED) is 0.804. The summed E-state index contributed by atoms with van der Waals surface area (Å²) >= 11 is 0. The zero-order valence-corrected chi connectivity index (χ0v) is 14.4. The van der Waals surface area contributed by atoms with Gasteiger partial charge in [-0.2, -0.15) is 0 Å². The number of hydrogen-bond donors (Lipinski definition) is 2. The van der Waals surface area contributed by atoms with Crippen LogP contribution in [0.25, 0.3) is 0 Å². The number of nitrogens with zero attached hydrogens (tertiary/aromatic N) is 1. The first-order valence-electron chi connectivity index (χ1n) is 7.84. The molecule has 1 aromatic carbocycles. The van der Waals surface area contributed by atoms with Crippen LogP contribution >= 0.6 is 0 Å². The molecule has 0 radical (unpaired) electrons. The summed E-state index contributed by atoms with van der Waals surface area (Å²) in [4.78, 5) is 24.8. The number of ether oxygens (including phenoxy) is 1. The number of para-hydroxylation sites is 1. The van der Waals surface area contributed by atoms with Crippen molar-refractivity contribution >= 4 is 12.0 Å². The van der Waals surface area contributed by atoms with Gasteiger partial charge in [0.25, 0.3) is 0 Å². The molecule has 0 saturated carbocycles. The lowest BCUT2D eigenvalue weighted by atomic mass is 10.0. The average molecular weight is 346 g/mol. The van der Waals surface area contributed by atoms with Crippen LogP contribution in [0, 0.1) is 5.92 Å². The predicted molar refractivity (Wildman–Crippen MR) is 91.5 cm³/mol. The molecular weight excluding hydrogens is 324 g/mol. The van der Waals surface area contributed by atoms with Crippen LogP contribution in [0.4, 0.5) is 4.79 Å². The largest absolute Gasteiger partial charge is 0.496 e. The first-order valence-corrected chi connectivity index (χ1v) is 7.84. The summed E-state index contributed by atoms with van der Waals surface area (Å²) in [5, 5.41) is 11.9. The summed E-state index contributed by atoms with van der Waals surface area (Å²) in [6.45, 7) is 1.65. The Morgan fingerprint density at radius 2 is 2.00 bits per heavy atom. The predicted octanol–water partition coefficient (Wildman–Crippen LogP) is 2.74.